The molecule has 0 spiro atoms. The molecule has 24 heavy (non-hydrogen) atoms. The SMILES string of the molecule is O=C(O)CCCCCC(=O)c1ccc(CCCc2ccccc2)s1. The van der Waals surface area contributed by atoms with E-state index in [-0.39, 0.29) is 12.2 Å². The van der Waals surface area contributed by atoms with Crippen molar-refractivity contribution in [2.24, 2.45) is 0 Å². The maximum absolute atomic E-state index is 12.1. The number of aryl methyl sites for hydroxylation is 2. The minimum atomic E-state index is -0.764. The van der Waals surface area contributed by atoms with Crippen LogP contribution in [0.4, 0.5) is 0 Å². The fourth-order valence-electron chi connectivity index (χ4n) is 2.64. The van der Waals surface area contributed by atoms with Gasteiger partial charge in [0.25, 0.3) is 0 Å². The highest BCUT2D eigenvalue weighted by Gasteiger charge is 2.09. The molecule has 0 bridgehead atoms. The van der Waals surface area contributed by atoms with E-state index in [9.17, 15) is 9.59 Å². The Labute approximate surface area is 147 Å². The van der Waals surface area contributed by atoms with Crippen molar-refractivity contribution in [2.45, 2.75) is 51.4 Å². The normalized spacial score (nSPS) is 10.7. The third-order valence-electron chi connectivity index (χ3n) is 3.96. The number of ketones is 1. The second-order valence-electron chi connectivity index (χ2n) is 5.98. The van der Waals surface area contributed by atoms with Crippen LogP contribution in [0, 0.1) is 0 Å². The summed E-state index contributed by atoms with van der Waals surface area (Å²) in [5.74, 6) is -0.579. The standard InChI is InChI=1S/C20H24O3S/c21-18(12-5-2-6-13-20(22)23)19-15-14-17(24-19)11-7-10-16-8-3-1-4-9-16/h1,3-4,8-9,14-15H,2,5-7,10-13H2,(H,22,23). The van der Waals surface area contributed by atoms with Gasteiger partial charge >= 0.3 is 5.97 Å². The van der Waals surface area contributed by atoms with E-state index >= 15 is 0 Å². The van der Waals surface area contributed by atoms with Crippen molar-refractivity contribution in [2.75, 3.05) is 0 Å². The Morgan fingerprint density at radius 3 is 2.33 bits per heavy atom. The number of carboxylic acids is 1. The summed E-state index contributed by atoms with van der Waals surface area (Å²) < 4.78 is 0. The molecular weight excluding hydrogens is 320 g/mol. The van der Waals surface area contributed by atoms with Gasteiger partial charge in [-0.25, -0.2) is 0 Å². The zero-order valence-corrected chi connectivity index (χ0v) is 14.7. The molecule has 2 aromatic rings. The molecule has 0 amide bonds. The first-order valence-electron chi connectivity index (χ1n) is 8.53. The summed E-state index contributed by atoms with van der Waals surface area (Å²) in [5, 5.41) is 8.58. The van der Waals surface area contributed by atoms with Crippen LogP contribution >= 0.6 is 11.3 Å². The number of rotatable bonds is 11. The van der Waals surface area contributed by atoms with Gasteiger partial charge in [0.2, 0.25) is 0 Å². The van der Waals surface area contributed by atoms with Crippen LogP contribution in [0.3, 0.4) is 0 Å². The third-order valence-corrected chi connectivity index (χ3v) is 5.15. The Hall–Kier alpha value is -1.94. The molecule has 2 rings (SSSR count). The van der Waals surface area contributed by atoms with Gasteiger partial charge in [-0.05, 0) is 49.8 Å². The number of hydrogen-bond donors (Lipinski definition) is 1. The van der Waals surface area contributed by atoms with E-state index in [1.54, 1.807) is 11.3 Å². The third kappa shape index (κ3) is 6.67. The van der Waals surface area contributed by atoms with Crippen molar-refractivity contribution in [1.29, 1.82) is 0 Å². The number of carbonyl (C=O) groups excluding carboxylic acids is 1. The summed E-state index contributed by atoms with van der Waals surface area (Å²) in [4.78, 5) is 24.7. The first-order valence-corrected chi connectivity index (χ1v) is 9.34. The van der Waals surface area contributed by atoms with Crippen LogP contribution in [0.25, 0.3) is 0 Å². The highest BCUT2D eigenvalue weighted by atomic mass is 32.1. The molecule has 3 nitrogen and oxygen atoms in total. The van der Waals surface area contributed by atoms with Gasteiger partial charge in [0.1, 0.15) is 0 Å². The second-order valence-corrected chi connectivity index (χ2v) is 7.15. The lowest BCUT2D eigenvalue weighted by Crippen LogP contribution is -1.97. The predicted molar refractivity (Wildman–Crippen MR) is 97.8 cm³/mol. The van der Waals surface area contributed by atoms with E-state index in [2.05, 4.69) is 30.3 Å². The van der Waals surface area contributed by atoms with Crippen LogP contribution in [0.5, 0.6) is 0 Å². The molecule has 1 aromatic heterocycles. The first-order chi connectivity index (χ1) is 11.6. The molecular formula is C20H24O3S. The average Bonchev–Trinajstić information content (AvgIpc) is 3.04. The number of carboxylic acid groups (broad SMARTS) is 1. The Bertz CT molecular complexity index is 646. The van der Waals surface area contributed by atoms with Gasteiger partial charge in [-0.2, -0.15) is 0 Å². The van der Waals surface area contributed by atoms with E-state index in [1.807, 2.05) is 12.1 Å². The lowest BCUT2D eigenvalue weighted by Gasteiger charge is -2.00. The van der Waals surface area contributed by atoms with Crippen LogP contribution in [0.15, 0.2) is 42.5 Å². The van der Waals surface area contributed by atoms with Crippen LogP contribution in [0.1, 0.15) is 58.6 Å². The van der Waals surface area contributed by atoms with Crippen molar-refractivity contribution in [1.82, 2.24) is 0 Å². The van der Waals surface area contributed by atoms with E-state index in [4.69, 9.17) is 5.11 Å². The summed E-state index contributed by atoms with van der Waals surface area (Å²) >= 11 is 1.60. The van der Waals surface area contributed by atoms with Crippen molar-refractivity contribution in [3.05, 3.63) is 57.8 Å². The van der Waals surface area contributed by atoms with Crippen molar-refractivity contribution < 1.29 is 14.7 Å². The fraction of sp³-hybridized carbons (Fsp3) is 0.400. The monoisotopic (exact) mass is 344 g/mol. The fourth-order valence-corrected chi connectivity index (χ4v) is 3.65. The zero-order chi connectivity index (χ0) is 17.2. The molecule has 0 aliphatic carbocycles. The van der Waals surface area contributed by atoms with Crippen LogP contribution in [-0.4, -0.2) is 16.9 Å². The van der Waals surface area contributed by atoms with E-state index in [0.717, 1.165) is 37.0 Å². The minimum Gasteiger partial charge on any atom is -0.481 e. The molecule has 0 fully saturated rings. The second kappa shape index (κ2) is 10.0. The lowest BCUT2D eigenvalue weighted by molar-refractivity contribution is -0.137. The van der Waals surface area contributed by atoms with Crippen molar-refractivity contribution in [3.8, 4) is 0 Å². The predicted octanol–water partition coefficient (Wildman–Crippen LogP) is 5.14. The summed E-state index contributed by atoms with van der Waals surface area (Å²) in [6.07, 6.45) is 6.09. The Morgan fingerprint density at radius 2 is 1.58 bits per heavy atom. The Balaban J connectivity index is 1.68. The molecule has 0 atom stereocenters. The number of carbonyl (C=O) groups is 2. The van der Waals surface area contributed by atoms with E-state index in [0.29, 0.717) is 12.8 Å². The molecule has 0 radical (unpaired) electrons. The number of thiophene rings is 1. The molecule has 1 heterocycles. The van der Waals surface area contributed by atoms with Crippen molar-refractivity contribution >= 4 is 23.1 Å². The molecule has 0 saturated heterocycles. The van der Waals surface area contributed by atoms with Gasteiger partial charge in [0.05, 0.1) is 4.88 Å². The van der Waals surface area contributed by atoms with E-state index < -0.39 is 5.97 Å². The molecule has 4 heteroatoms. The van der Waals surface area contributed by atoms with Gasteiger partial charge in [0, 0.05) is 17.7 Å². The highest BCUT2D eigenvalue weighted by Crippen LogP contribution is 2.21. The summed E-state index contributed by atoms with van der Waals surface area (Å²) in [6, 6.07) is 14.4. The van der Waals surface area contributed by atoms with Gasteiger partial charge < -0.3 is 5.11 Å². The number of benzene rings is 1. The van der Waals surface area contributed by atoms with Gasteiger partial charge in [-0.1, -0.05) is 36.8 Å². The summed E-state index contributed by atoms with van der Waals surface area (Å²) in [5.41, 5.74) is 1.35. The van der Waals surface area contributed by atoms with Crippen LogP contribution in [0.2, 0.25) is 0 Å². The van der Waals surface area contributed by atoms with Crippen LogP contribution in [-0.2, 0) is 17.6 Å². The molecule has 1 aromatic carbocycles. The first kappa shape index (κ1) is 18.4. The number of hydrogen-bond acceptors (Lipinski definition) is 3. The summed E-state index contributed by atoms with van der Waals surface area (Å²) in [7, 11) is 0. The maximum Gasteiger partial charge on any atom is 0.303 e. The largest absolute Gasteiger partial charge is 0.481 e. The van der Waals surface area contributed by atoms with Crippen molar-refractivity contribution in [3.63, 3.8) is 0 Å². The van der Waals surface area contributed by atoms with E-state index in [1.165, 1.54) is 10.4 Å². The molecule has 1 N–H and O–H groups in total. The maximum atomic E-state index is 12.1. The highest BCUT2D eigenvalue weighted by molar-refractivity contribution is 7.14. The lowest BCUT2D eigenvalue weighted by atomic mass is 10.1. The number of aliphatic carboxylic acids is 1. The molecule has 128 valence electrons. The van der Waals surface area contributed by atoms with Gasteiger partial charge in [-0.15, -0.1) is 11.3 Å². The zero-order valence-electron chi connectivity index (χ0n) is 13.9. The molecule has 0 aliphatic rings. The molecule has 0 saturated carbocycles. The number of unbranched alkanes of at least 4 members (excludes halogenated alkanes) is 2. The number of Topliss-reactive ketones (excluding diaryl/α,β-unsaturated/α-hetero) is 1. The molecule has 0 unspecified atom stereocenters. The quantitative estimate of drug-likeness (QED) is 0.453. The topological polar surface area (TPSA) is 54.4 Å². The van der Waals surface area contributed by atoms with Gasteiger partial charge in [0.15, 0.2) is 5.78 Å². The Morgan fingerprint density at radius 1 is 0.833 bits per heavy atom. The minimum absolute atomic E-state index is 0.185. The van der Waals surface area contributed by atoms with Gasteiger partial charge in [-0.3, -0.25) is 9.59 Å². The summed E-state index contributed by atoms with van der Waals surface area (Å²) in [6.45, 7) is 0. The smallest absolute Gasteiger partial charge is 0.303 e. The Kier molecular flexibility index (Phi) is 7.69. The average molecular weight is 344 g/mol. The molecule has 0 aliphatic heterocycles. The van der Waals surface area contributed by atoms with Crippen LogP contribution < -0.4 is 0 Å².